The summed E-state index contributed by atoms with van der Waals surface area (Å²) in [5.74, 6) is 0. The minimum atomic E-state index is -2.27. The molecular weight excluding hydrogens is 777 g/mol. The van der Waals surface area contributed by atoms with E-state index in [1.807, 2.05) is 54.6 Å². The SMILES string of the molecule is [2H]C([2H])([2H])c1ccc(-c2[c-]cc(C([2H])([2H])[2H])c(-c3ccccc3)c2)nc1.[2H]C([2H])([2H])c1ccnc(-c2[c-]ccc3c2oc2c3ccc3ccc4ccccc4c32)c1.[Ir]. The van der Waals surface area contributed by atoms with Crippen LogP contribution in [0.1, 0.15) is 29.0 Å². The number of fused-ring (bicyclic) bond motifs is 7. The molecule has 0 spiro atoms. The van der Waals surface area contributed by atoms with Crippen LogP contribution in [0.2, 0.25) is 0 Å². The molecule has 3 aromatic heterocycles. The summed E-state index contributed by atoms with van der Waals surface area (Å²) in [6, 6.07) is 45.4. The molecule has 0 fully saturated rings. The summed E-state index contributed by atoms with van der Waals surface area (Å²) in [5.41, 5.74) is 5.80. The fraction of sp³-hybridized carbons (Fsp3) is 0.0667. The Balaban J connectivity index is 0.000000177. The van der Waals surface area contributed by atoms with E-state index in [9.17, 15) is 0 Å². The summed E-state index contributed by atoms with van der Waals surface area (Å²) in [6.07, 6.45) is 2.84. The van der Waals surface area contributed by atoms with Gasteiger partial charge in [0, 0.05) is 55.6 Å². The van der Waals surface area contributed by atoms with Crippen molar-refractivity contribution in [1.29, 1.82) is 0 Å². The second-order valence-electron chi connectivity index (χ2n) is 11.4. The average Bonchev–Trinajstić information content (AvgIpc) is 3.59. The van der Waals surface area contributed by atoms with Gasteiger partial charge in [-0.25, -0.2) is 0 Å². The molecule has 0 aliphatic carbocycles. The van der Waals surface area contributed by atoms with Crippen molar-refractivity contribution in [2.24, 2.45) is 0 Å². The van der Waals surface area contributed by atoms with E-state index < -0.39 is 20.6 Å². The van der Waals surface area contributed by atoms with Crippen LogP contribution in [0.4, 0.5) is 0 Å². The van der Waals surface area contributed by atoms with Crippen molar-refractivity contribution in [3.05, 3.63) is 169 Å². The Bertz CT molecular complexity index is 2920. The molecule has 9 aromatic rings. The molecular formula is C45H32IrN2O-2. The Hall–Kier alpha value is -5.41. The average molecular weight is 818 g/mol. The van der Waals surface area contributed by atoms with Gasteiger partial charge in [0.25, 0.3) is 0 Å². The van der Waals surface area contributed by atoms with Crippen LogP contribution in [0.5, 0.6) is 0 Å². The predicted molar refractivity (Wildman–Crippen MR) is 199 cm³/mol. The molecule has 239 valence electrons. The molecule has 0 saturated heterocycles. The van der Waals surface area contributed by atoms with E-state index in [1.165, 1.54) is 30.6 Å². The van der Waals surface area contributed by atoms with E-state index in [0.29, 0.717) is 33.7 Å². The van der Waals surface area contributed by atoms with Crippen molar-refractivity contribution in [2.75, 3.05) is 0 Å². The third-order valence-electron chi connectivity index (χ3n) is 8.40. The number of hydrogen-bond donors (Lipinski definition) is 0. The van der Waals surface area contributed by atoms with Crippen molar-refractivity contribution >= 4 is 43.5 Å². The maximum atomic E-state index is 7.77. The number of pyridine rings is 2. The van der Waals surface area contributed by atoms with E-state index in [4.69, 9.17) is 16.8 Å². The van der Waals surface area contributed by atoms with Gasteiger partial charge in [-0.15, -0.1) is 47.5 Å². The molecule has 0 amide bonds. The van der Waals surface area contributed by atoms with E-state index in [1.54, 1.807) is 18.2 Å². The van der Waals surface area contributed by atoms with E-state index in [2.05, 4.69) is 58.5 Å². The molecule has 3 nitrogen and oxygen atoms in total. The van der Waals surface area contributed by atoms with Gasteiger partial charge in [0.1, 0.15) is 5.58 Å². The Morgan fingerprint density at radius 3 is 2.29 bits per heavy atom. The predicted octanol–water partition coefficient (Wildman–Crippen LogP) is 11.9. The first-order valence-electron chi connectivity index (χ1n) is 19.9. The molecule has 0 aliphatic rings. The van der Waals surface area contributed by atoms with Crippen LogP contribution in [-0.2, 0) is 20.1 Å². The molecule has 0 saturated carbocycles. The van der Waals surface area contributed by atoms with Crippen LogP contribution in [-0.4, -0.2) is 9.97 Å². The number of aryl methyl sites for hydroxylation is 3. The van der Waals surface area contributed by atoms with Crippen LogP contribution in [0, 0.1) is 32.7 Å². The zero-order valence-electron chi connectivity index (χ0n) is 34.9. The molecule has 3 heterocycles. The monoisotopic (exact) mass is 818 g/mol. The standard InChI is InChI=1S/C26H16NO.C19H16N.Ir/c1-16-13-14-27-23(15-16)22-8-4-7-20-21-12-11-18-10-9-17-5-2-3-6-19(17)24(18)26(21)28-25(20)22;1-14-8-11-19(20-13-14)17-10-9-15(2)18(12-17)16-6-4-3-5-7-16;/h2-7,9-15H,1H3;3-9,11-13H,1-2H3;/q2*-1;/i1D3;1D3,2D3;. The van der Waals surface area contributed by atoms with Gasteiger partial charge < -0.3 is 14.4 Å². The van der Waals surface area contributed by atoms with E-state index in [-0.39, 0.29) is 36.8 Å². The molecule has 0 aliphatic heterocycles. The number of rotatable bonds is 3. The molecule has 0 N–H and O–H groups in total. The van der Waals surface area contributed by atoms with Crippen LogP contribution in [0.25, 0.3) is 77.1 Å². The van der Waals surface area contributed by atoms with Gasteiger partial charge in [0.15, 0.2) is 0 Å². The first-order chi connectivity index (χ1) is 27.2. The van der Waals surface area contributed by atoms with Crippen LogP contribution >= 0.6 is 0 Å². The smallest absolute Gasteiger partial charge is 0.129 e. The van der Waals surface area contributed by atoms with Gasteiger partial charge in [-0.3, -0.25) is 0 Å². The number of nitrogens with zero attached hydrogens (tertiary/aromatic N) is 2. The van der Waals surface area contributed by atoms with E-state index in [0.717, 1.165) is 43.5 Å². The summed E-state index contributed by atoms with van der Waals surface area (Å²) in [6.45, 7) is -6.68. The number of aromatic nitrogens is 2. The maximum Gasteiger partial charge on any atom is 0.129 e. The summed E-state index contributed by atoms with van der Waals surface area (Å²) < 4.78 is 75.2. The van der Waals surface area contributed by atoms with Crippen LogP contribution in [0.15, 0.2) is 144 Å². The quantitative estimate of drug-likeness (QED) is 0.132. The summed E-state index contributed by atoms with van der Waals surface area (Å²) in [7, 11) is 0. The zero-order chi connectivity index (χ0) is 40.1. The number of hydrogen-bond acceptors (Lipinski definition) is 3. The van der Waals surface area contributed by atoms with Crippen LogP contribution < -0.4 is 0 Å². The number of furan rings is 1. The Morgan fingerprint density at radius 1 is 0.633 bits per heavy atom. The van der Waals surface area contributed by atoms with Gasteiger partial charge in [0.05, 0.1) is 5.58 Å². The normalized spacial score (nSPS) is 14.5. The maximum absolute atomic E-state index is 7.77. The molecule has 0 unspecified atom stereocenters. The second-order valence-corrected chi connectivity index (χ2v) is 11.4. The van der Waals surface area contributed by atoms with Gasteiger partial charge in [-0.1, -0.05) is 126 Å². The minimum absolute atomic E-state index is 0. The largest absolute Gasteiger partial charge is 0.500 e. The van der Waals surface area contributed by atoms with E-state index >= 15 is 0 Å². The molecule has 6 aromatic carbocycles. The summed E-state index contributed by atoms with van der Waals surface area (Å²) in [4.78, 5) is 8.62. The van der Waals surface area contributed by atoms with Gasteiger partial charge in [-0.05, 0) is 58.4 Å². The zero-order valence-corrected chi connectivity index (χ0v) is 28.3. The third-order valence-corrected chi connectivity index (χ3v) is 8.40. The first kappa shape index (κ1) is 23.0. The topological polar surface area (TPSA) is 38.9 Å². The van der Waals surface area contributed by atoms with Crippen molar-refractivity contribution in [1.82, 2.24) is 9.97 Å². The van der Waals surface area contributed by atoms with Crippen molar-refractivity contribution in [3.8, 4) is 33.6 Å². The van der Waals surface area contributed by atoms with Crippen LogP contribution in [0.3, 0.4) is 0 Å². The fourth-order valence-electron chi connectivity index (χ4n) is 6.09. The second kappa shape index (κ2) is 13.6. The molecule has 49 heavy (non-hydrogen) atoms. The Morgan fingerprint density at radius 2 is 1.45 bits per heavy atom. The molecule has 9 rings (SSSR count). The molecule has 0 bridgehead atoms. The Labute approximate surface area is 312 Å². The van der Waals surface area contributed by atoms with Gasteiger partial charge in [-0.2, -0.15) is 0 Å². The fourth-order valence-corrected chi connectivity index (χ4v) is 6.09. The first-order valence-corrected chi connectivity index (χ1v) is 15.4. The van der Waals surface area contributed by atoms with Crippen molar-refractivity contribution in [2.45, 2.75) is 20.6 Å². The summed E-state index contributed by atoms with van der Waals surface area (Å²) in [5, 5.41) is 6.44. The summed E-state index contributed by atoms with van der Waals surface area (Å²) >= 11 is 0. The molecule has 1 radical (unpaired) electrons. The molecule has 0 atom stereocenters. The number of benzene rings is 6. The molecule has 4 heteroatoms. The third kappa shape index (κ3) is 6.18. The van der Waals surface area contributed by atoms with Crippen molar-refractivity contribution in [3.63, 3.8) is 0 Å². The van der Waals surface area contributed by atoms with Crippen molar-refractivity contribution < 1.29 is 36.9 Å². The van der Waals surface area contributed by atoms with Gasteiger partial charge in [0.2, 0.25) is 0 Å². The Kier molecular flexibility index (Phi) is 6.39. The van der Waals surface area contributed by atoms with Gasteiger partial charge >= 0.3 is 0 Å². The minimum Gasteiger partial charge on any atom is -0.500 e.